The lowest BCUT2D eigenvalue weighted by molar-refractivity contribution is 0.527. The van der Waals surface area contributed by atoms with Crippen LogP contribution in [0.5, 0.6) is 0 Å². The summed E-state index contributed by atoms with van der Waals surface area (Å²) in [6, 6.07) is 2.40. The van der Waals surface area contributed by atoms with Gasteiger partial charge in [0.1, 0.15) is 16.2 Å². The van der Waals surface area contributed by atoms with E-state index >= 15 is 0 Å². The van der Waals surface area contributed by atoms with Crippen molar-refractivity contribution in [3.8, 4) is 0 Å². The molecular weight excluding hydrogens is 290 g/mol. The summed E-state index contributed by atoms with van der Waals surface area (Å²) in [5, 5.41) is 3.46. The fourth-order valence-corrected chi connectivity index (χ4v) is 2.20. The highest BCUT2D eigenvalue weighted by atomic mass is 79.9. The first kappa shape index (κ1) is 15.4. The Morgan fingerprint density at radius 1 is 1.22 bits per heavy atom. The molecule has 0 aliphatic rings. The van der Waals surface area contributed by atoms with Crippen LogP contribution in [0, 0.1) is 5.92 Å². The van der Waals surface area contributed by atoms with Gasteiger partial charge in [-0.05, 0) is 48.0 Å². The molecule has 4 heteroatoms. The Morgan fingerprint density at radius 2 is 1.94 bits per heavy atom. The largest absolute Gasteiger partial charge is 0.367 e. The summed E-state index contributed by atoms with van der Waals surface area (Å²) >= 11 is 3.44. The number of aromatic nitrogens is 2. The molecule has 0 bridgehead atoms. The number of anilines is 1. The molecule has 1 heterocycles. The van der Waals surface area contributed by atoms with Gasteiger partial charge in [-0.15, -0.1) is 0 Å². The van der Waals surface area contributed by atoms with E-state index in [1.54, 1.807) is 0 Å². The van der Waals surface area contributed by atoms with E-state index in [0.717, 1.165) is 35.0 Å². The van der Waals surface area contributed by atoms with E-state index in [9.17, 15) is 0 Å². The van der Waals surface area contributed by atoms with Gasteiger partial charge in [-0.3, -0.25) is 0 Å². The van der Waals surface area contributed by atoms with Crippen LogP contribution in [-0.2, 0) is 6.42 Å². The third-order valence-corrected chi connectivity index (χ3v) is 3.19. The molecule has 1 N–H and O–H groups in total. The van der Waals surface area contributed by atoms with Crippen molar-refractivity contribution in [2.45, 2.75) is 59.4 Å². The molecule has 0 radical (unpaired) electrons. The summed E-state index contributed by atoms with van der Waals surface area (Å²) in [6.07, 6.45) is 4.40. The van der Waals surface area contributed by atoms with Crippen molar-refractivity contribution >= 4 is 21.7 Å². The molecule has 1 rings (SSSR count). The molecule has 18 heavy (non-hydrogen) atoms. The first-order valence-electron chi connectivity index (χ1n) is 6.81. The molecule has 0 aliphatic carbocycles. The Hall–Kier alpha value is -0.640. The van der Waals surface area contributed by atoms with Crippen LogP contribution in [0.25, 0.3) is 0 Å². The minimum Gasteiger partial charge on any atom is -0.367 e. The van der Waals surface area contributed by atoms with Crippen molar-refractivity contribution < 1.29 is 0 Å². The normalized spacial score (nSPS) is 12.8. The van der Waals surface area contributed by atoms with Gasteiger partial charge < -0.3 is 5.32 Å². The standard InChI is InChI=1S/C14H24BrN3/c1-5-6-13-17-12(15)9-14(18-13)16-11(4)8-7-10(2)3/h9-11H,5-8H2,1-4H3,(H,16,17,18). The number of halogens is 1. The molecule has 0 amide bonds. The summed E-state index contributed by atoms with van der Waals surface area (Å²) in [4.78, 5) is 8.91. The van der Waals surface area contributed by atoms with Crippen LogP contribution >= 0.6 is 15.9 Å². The van der Waals surface area contributed by atoms with Crippen LogP contribution in [0.4, 0.5) is 5.82 Å². The highest BCUT2D eigenvalue weighted by Crippen LogP contribution is 2.16. The van der Waals surface area contributed by atoms with E-state index in [0.29, 0.717) is 6.04 Å². The second-order valence-electron chi connectivity index (χ2n) is 5.26. The van der Waals surface area contributed by atoms with Gasteiger partial charge in [0.25, 0.3) is 0 Å². The Labute approximate surface area is 119 Å². The Bertz CT molecular complexity index is 366. The Balaban J connectivity index is 2.60. The van der Waals surface area contributed by atoms with Crippen LogP contribution < -0.4 is 5.32 Å². The smallest absolute Gasteiger partial charge is 0.132 e. The number of hydrogen-bond acceptors (Lipinski definition) is 3. The van der Waals surface area contributed by atoms with Gasteiger partial charge in [-0.25, -0.2) is 9.97 Å². The molecule has 1 atom stereocenters. The van der Waals surface area contributed by atoms with Gasteiger partial charge in [-0.1, -0.05) is 20.8 Å². The van der Waals surface area contributed by atoms with Crippen molar-refractivity contribution in [1.29, 1.82) is 0 Å². The van der Waals surface area contributed by atoms with Crippen LogP contribution in [0.2, 0.25) is 0 Å². The van der Waals surface area contributed by atoms with E-state index in [-0.39, 0.29) is 0 Å². The van der Waals surface area contributed by atoms with Crippen LogP contribution in [0.3, 0.4) is 0 Å². The second-order valence-corrected chi connectivity index (χ2v) is 6.07. The maximum absolute atomic E-state index is 4.54. The van der Waals surface area contributed by atoms with Gasteiger partial charge in [0.05, 0.1) is 0 Å². The number of hydrogen-bond donors (Lipinski definition) is 1. The lowest BCUT2D eigenvalue weighted by Gasteiger charge is -2.16. The maximum Gasteiger partial charge on any atom is 0.132 e. The van der Waals surface area contributed by atoms with Crippen molar-refractivity contribution in [1.82, 2.24) is 9.97 Å². The van der Waals surface area contributed by atoms with Crippen LogP contribution in [-0.4, -0.2) is 16.0 Å². The van der Waals surface area contributed by atoms with E-state index in [2.05, 4.69) is 58.9 Å². The van der Waals surface area contributed by atoms with E-state index < -0.39 is 0 Å². The minimum absolute atomic E-state index is 0.448. The van der Waals surface area contributed by atoms with Gasteiger partial charge in [0, 0.05) is 18.5 Å². The summed E-state index contributed by atoms with van der Waals surface area (Å²) in [5.74, 6) is 2.59. The lowest BCUT2D eigenvalue weighted by Crippen LogP contribution is -2.17. The van der Waals surface area contributed by atoms with Gasteiger partial charge in [-0.2, -0.15) is 0 Å². The van der Waals surface area contributed by atoms with Crippen molar-refractivity contribution in [2.75, 3.05) is 5.32 Å². The van der Waals surface area contributed by atoms with Gasteiger partial charge in [0.15, 0.2) is 0 Å². The molecule has 0 aromatic carbocycles. The Kier molecular flexibility index (Phi) is 6.61. The molecular formula is C14H24BrN3. The first-order chi connectivity index (χ1) is 8.51. The topological polar surface area (TPSA) is 37.8 Å². The number of nitrogens with one attached hydrogen (secondary N) is 1. The molecule has 1 aromatic rings. The quantitative estimate of drug-likeness (QED) is 0.757. The zero-order valence-electron chi connectivity index (χ0n) is 11.8. The molecule has 0 spiro atoms. The summed E-state index contributed by atoms with van der Waals surface area (Å²) < 4.78 is 0.861. The third-order valence-electron chi connectivity index (χ3n) is 2.79. The minimum atomic E-state index is 0.448. The van der Waals surface area contributed by atoms with E-state index in [1.807, 2.05) is 6.07 Å². The average Bonchev–Trinajstić information content (AvgIpc) is 2.26. The SMILES string of the molecule is CCCc1nc(Br)cc(NC(C)CCC(C)C)n1. The summed E-state index contributed by atoms with van der Waals surface area (Å²) in [7, 11) is 0. The second kappa shape index (κ2) is 7.72. The fourth-order valence-electron chi connectivity index (χ4n) is 1.78. The summed E-state index contributed by atoms with van der Waals surface area (Å²) in [6.45, 7) is 8.86. The highest BCUT2D eigenvalue weighted by Gasteiger charge is 2.07. The predicted molar refractivity (Wildman–Crippen MR) is 80.9 cm³/mol. The van der Waals surface area contributed by atoms with Crippen LogP contribution in [0.1, 0.15) is 52.8 Å². The highest BCUT2D eigenvalue weighted by molar-refractivity contribution is 9.10. The number of aryl methyl sites for hydroxylation is 1. The molecule has 3 nitrogen and oxygen atoms in total. The van der Waals surface area contributed by atoms with Crippen molar-refractivity contribution in [3.05, 3.63) is 16.5 Å². The third kappa shape index (κ3) is 5.80. The zero-order valence-corrected chi connectivity index (χ0v) is 13.4. The lowest BCUT2D eigenvalue weighted by atomic mass is 10.0. The van der Waals surface area contributed by atoms with Crippen molar-refractivity contribution in [3.63, 3.8) is 0 Å². The Morgan fingerprint density at radius 3 is 2.56 bits per heavy atom. The molecule has 0 aliphatic heterocycles. The average molecular weight is 314 g/mol. The molecule has 0 saturated heterocycles. The molecule has 1 unspecified atom stereocenters. The van der Waals surface area contributed by atoms with E-state index in [1.165, 1.54) is 12.8 Å². The molecule has 0 fully saturated rings. The van der Waals surface area contributed by atoms with Crippen molar-refractivity contribution in [2.24, 2.45) is 5.92 Å². The fraction of sp³-hybridized carbons (Fsp3) is 0.714. The van der Waals surface area contributed by atoms with Crippen LogP contribution in [0.15, 0.2) is 10.7 Å². The molecule has 1 aromatic heterocycles. The monoisotopic (exact) mass is 313 g/mol. The maximum atomic E-state index is 4.54. The molecule has 102 valence electrons. The number of rotatable bonds is 7. The van der Waals surface area contributed by atoms with Gasteiger partial charge >= 0.3 is 0 Å². The zero-order chi connectivity index (χ0) is 13.5. The first-order valence-corrected chi connectivity index (χ1v) is 7.60. The molecule has 0 saturated carbocycles. The predicted octanol–water partition coefficient (Wildman–Crippen LogP) is 4.43. The van der Waals surface area contributed by atoms with E-state index in [4.69, 9.17) is 0 Å². The number of nitrogens with zero attached hydrogens (tertiary/aromatic N) is 2. The summed E-state index contributed by atoms with van der Waals surface area (Å²) in [5.41, 5.74) is 0. The van der Waals surface area contributed by atoms with Gasteiger partial charge in [0.2, 0.25) is 0 Å².